The molecule has 1 heterocycles. The highest BCUT2D eigenvalue weighted by molar-refractivity contribution is 5.99. The Kier molecular flexibility index (Phi) is 3.46. The van der Waals surface area contributed by atoms with Gasteiger partial charge >= 0.3 is 0 Å². The molecule has 1 aromatic carbocycles. The molecule has 0 saturated heterocycles. The number of primary amides is 1. The maximum atomic E-state index is 12.1. The van der Waals surface area contributed by atoms with Crippen LogP contribution in [-0.4, -0.2) is 15.9 Å². The van der Waals surface area contributed by atoms with Gasteiger partial charge in [0.2, 0.25) is 5.91 Å². The lowest BCUT2D eigenvalue weighted by Crippen LogP contribution is -2.19. The Bertz CT molecular complexity index is 689. The molecule has 0 bridgehead atoms. The molecule has 2 rings (SSSR count). The molecule has 0 radical (unpaired) electrons. The van der Waals surface area contributed by atoms with Crippen LogP contribution in [0.1, 0.15) is 28.7 Å². The highest BCUT2D eigenvalue weighted by atomic mass is 16.1. The van der Waals surface area contributed by atoms with Crippen molar-refractivity contribution in [3.63, 3.8) is 0 Å². The van der Waals surface area contributed by atoms with Gasteiger partial charge in [0, 0.05) is 16.8 Å². The Balaban J connectivity index is 2.70. The van der Waals surface area contributed by atoms with E-state index in [-0.39, 0.29) is 11.3 Å². The van der Waals surface area contributed by atoms with Crippen LogP contribution >= 0.6 is 0 Å². The van der Waals surface area contributed by atoms with Gasteiger partial charge in [-0.1, -0.05) is 25.1 Å². The average molecular weight is 257 g/mol. The van der Waals surface area contributed by atoms with Gasteiger partial charge in [0.05, 0.1) is 5.69 Å². The summed E-state index contributed by atoms with van der Waals surface area (Å²) in [7, 11) is 0. The smallest absolute Gasteiger partial charge is 0.274 e. The van der Waals surface area contributed by atoms with E-state index in [0.29, 0.717) is 17.5 Å². The number of nitrogens with one attached hydrogen (secondary N) is 1. The molecule has 2 aromatic rings. The van der Waals surface area contributed by atoms with Crippen molar-refractivity contribution in [1.29, 1.82) is 0 Å². The van der Waals surface area contributed by atoms with Crippen LogP contribution in [0.4, 0.5) is 0 Å². The van der Waals surface area contributed by atoms with Gasteiger partial charge in [-0.15, -0.1) is 0 Å². The third-order valence-electron chi connectivity index (χ3n) is 3.00. The summed E-state index contributed by atoms with van der Waals surface area (Å²) in [5.74, 6) is -0.575. The van der Waals surface area contributed by atoms with Crippen LogP contribution < -0.4 is 11.3 Å². The number of carbonyl (C=O) groups excluding carboxylic acids is 1. The monoisotopic (exact) mass is 257 g/mol. The summed E-state index contributed by atoms with van der Waals surface area (Å²) in [6.45, 7) is 3.77. The molecule has 19 heavy (non-hydrogen) atoms. The van der Waals surface area contributed by atoms with Crippen LogP contribution in [0.25, 0.3) is 11.3 Å². The van der Waals surface area contributed by atoms with E-state index in [9.17, 15) is 9.59 Å². The van der Waals surface area contributed by atoms with E-state index >= 15 is 0 Å². The molecule has 98 valence electrons. The molecule has 0 saturated carbocycles. The van der Waals surface area contributed by atoms with E-state index in [1.54, 1.807) is 24.3 Å². The maximum absolute atomic E-state index is 12.1. The van der Waals surface area contributed by atoms with Gasteiger partial charge in [-0.2, -0.15) is 0 Å². The van der Waals surface area contributed by atoms with Gasteiger partial charge in [-0.25, -0.2) is 4.98 Å². The quantitative estimate of drug-likeness (QED) is 0.871. The number of H-pyrrole nitrogens is 1. The van der Waals surface area contributed by atoms with Crippen molar-refractivity contribution in [3.05, 3.63) is 51.6 Å². The lowest BCUT2D eigenvalue weighted by atomic mass is 10.0. The fraction of sp³-hybridized carbons (Fsp3) is 0.214. The molecule has 0 atom stereocenters. The van der Waals surface area contributed by atoms with E-state index in [0.717, 1.165) is 11.4 Å². The normalized spacial score (nSPS) is 10.4. The summed E-state index contributed by atoms with van der Waals surface area (Å²) in [6, 6.07) is 6.70. The van der Waals surface area contributed by atoms with E-state index < -0.39 is 5.91 Å². The van der Waals surface area contributed by atoms with Crippen LogP contribution in [0.2, 0.25) is 0 Å². The predicted molar refractivity (Wildman–Crippen MR) is 72.9 cm³/mol. The first-order valence-corrected chi connectivity index (χ1v) is 6.03. The lowest BCUT2D eigenvalue weighted by molar-refractivity contribution is 0.100. The number of carbonyl (C=O) groups is 1. The minimum Gasteiger partial charge on any atom is -0.366 e. The molecule has 0 aliphatic heterocycles. The highest BCUT2D eigenvalue weighted by Gasteiger charge is 2.14. The number of nitrogens with two attached hydrogens (primary N) is 1. The Hall–Kier alpha value is -2.43. The molecule has 0 aliphatic rings. The zero-order valence-corrected chi connectivity index (χ0v) is 10.9. The average Bonchev–Trinajstić information content (AvgIpc) is 2.40. The van der Waals surface area contributed by atoms with Crippen molar-refractivity contribution in [1.82, 2.24) is 9.97 Å². The highest BCUT2D eigenvalue weighted by Crippen LogP contribution is 2.19. The fourth-order valence-corrected chi connectivity index (χ4v) is 2.00. The van der Waals surface area contributed by atoms with Crippen LogP contribution in [-0.2, 0) is 6.42 Å². The largest absolute Gasteiger partial charge is 0.366 e. The number of nitrogens with zero attached hydrogens (tertiary/aromatic N) is 1. The Morgan fingerprint density at radius 2 is 2.05 bits per heavy atom. The SMILES string of the molecule is CCc1[nH]c(=O)c(-c2ccccc2C(N)=O)nc1C. The first-order chi connectivity index (χ1) is 9.04. The Labute approximate surface area is 110 Å². The van der Waals surface area contributed by atoms with Crippen molar-refractivity contribution in [2.45, 2.75) is 20.3 Å². The minimum absolute atomic E-state index is 0.226. The van der Waals surface area contributed by atoms with E-state index in [1.165, 1.54) is 0 Å². The molecule has 0 fully saturated rings. The van der Waals surface area contributed by atoms with Crippen LogP contribution in [0.3, 0.4) is 0 Å². The molecule has 0 aliphatic carbocycles. The lowest BCUT2D eigenvalue weighted by Gasteiger charge is -2.08. The fourth-order valence-electron chi connectivity index (χ4n) is 2.00. The number of hydrogen-bond donors (Lipinski definition) is 2. The van der Waals surface area contributed by atoms with E-state index in [2.05, 4.69) is 9.97 Å². The topological polar surface area (TPSA) is 88.8 Å². The van der Waals surface area contributed by atoms with Crippen LogP contribution in [0, 0.1) is 6.92 Å². The van der Waals surface area contributed by atoms with Gasteiger partial charge in [-0.3, -0.25) is 9.59 Å². The zero-order valence-electron chi connectivity index (χ0n) is 10.9. The molecule has 5 nitrogen and oxygen atoms in total. The first-order valence-electron chi connectivity index (χ1n) is 6.03. The maximum Gasteiger partial charge on any atom is 0.274 e. The standard InChI is InChI=1S/C14H15N3O2/c1-3-11-8(2)16-12(14(19)17-11)9-6-4-5-7-10(9)13(15)18/h4-7H,3H2,1-2H3,(H2,15,18)(H,17,19). The number of aromatic nitrogens is 2. The second kappa shape index (κ2) is 5.06. The number of amides is 1. The summed E-state index contributed by atoms with van der Waals surface area (Å²) in [6.07, 6.45) is 0.700. The predicted octanol–water partition coefficient (Wildman–Crippen LogP) is 1.41. The molecule has 0 unspecified atom stereocenters. The first kappa shape index (κ1) is 13.0. The number of aryl methyl sites for hydroxylation is 2. The minimum atomic E-state index is -0.575. The van der Waals surface area contributed by atoms with Gasteiger partial charge in [0.1, 0.15) is 5.69 Å². The Morgan fingerprint density at radius 3 is 2.68 bits per heavy atom. The van der Waals surface area contributed by atoms with Crippen molar-refractivity contribution in [2.24, 2.45) is 5.73 Å². The number of aromatic amines is 1. The second-order valence-electron chi connectivity index (χ2n) is 4.24. The summed E-state index contributed by atoms with van der Waals surface area (Å²) in [4.78, 5) is 30.5. The zero-order chi connectivity index (χ0) is 14.0. The van der Waals surface area contributed by atoms with E-state index in [4.69, 9.17) is 5.73 Å². The number of rotatable bonds is 3. The molecular formula is C14H15N3O2. The molecule has 1 amide bonds. The summed E-state index contributed by atoms with van der Waals surface area (Å²) >= 11 is 0. The van der Waals surface area contributed by atoms with Crippen LogP contribution in [0.5, 0.6) is 0 Å². The van der Waals surface area contributed by atoms with Crippen molar-refractivity contribution < 1.29 is 4.79 Å². The van der Waals surface area contributed by atoms with Gasteiger partial charge in [0.25, 0.3) is 5.56 Å². The van der Waals surface area contributed by atoms with Crippen molar-refractivity contribution in [2.75, 3.05) is 0 Å². The molecule has 3 N–H and O–H groups in total. The molecular weight excluding hydrogens is 242 g/mol. The number of hydrogen-bond acceptors (Lipinski definition) is 3. The third kappa shape index (κ3) is 2.40. The number of benzene rings is 1. The van der Waals surface area contributed by atoms with Gasteiger partial charge in [-0.05, 0) is 19.4 Å². The second-order valence-corrected chi connectivity index (χ2v) is 4.24. The Morgan fingerprint density at radius 1 is 1.37 bits per heavy atom. The molecule has 5 heteroatoms. The van der Waals surface area contributed by atoms with E-state index in [1.807, 2.05) is 13.8 Å². The molecule has 0 spiro atoms. The van der Waals surface area contributed by atoms with Gasteiger partial charge in [0.15, 0.2) is 0 Å². The van der Waals surface area contributed by atoms with Crippen LogP contribution in [0.15, 0.2) is 29.1 Å². The summed E-state index contributed by atoms with van der Waals surface area (Å²) in [5.41, 5.74) is 7.53. The van der Waals surface area contributed by atoms with Crippen molar-refractivity contribution in [3.8, 4) is 11.3 Å². The van der Waals surface area contributed by atoms with Gasteiger partial charge < -0.3 is 10.7 Å². The van der Waals surface area contributed by atoms with Crippen molar-refractivity contribution >= 4 is 5.91 Å². The third-order valence-corrected chi connectivity index (χ3v) is 3.00. The summed E-state index contributed by atoms with van der Waals surface area (Å²) in [5, 5.41) is 0. The molecule has 1 aromatic heterocycles. The summed E-state index contributed by atoms with van der Waals surface area (Å²) < 4.78 is 0.